The molecule has 2 aromatic heterocycles. The molecule has 4 atom stereocenters. The molecule has 1 amide bonds. The van der Waals surface area contributed by atoms with Crippen LogP contribution in [0.5, 0.6) is 0 Å². The van der Waals surface area contributed by atoms with E-state index >= 15 is 0 Å². The Morgan fingerprint density at radius 2 is 1.94 bits per heavy atom. The first-order chi connectivity index (χ1) is 15.6. The van der Waals surface area contributed by atoms with Gasteiger partial charge in [0.15, 0.2) is 0 Å². The van der Waals surface area contributed by atoms with E-state index in [1.807, 2.05) is 66.6 Å². The van der Waals surface area contributed by atoms with Crippen LogP contribution < -0.4 is 4.90 Å². The lowest BCUT2D eigenvalue weighted by molar-refractivity contribution is -0.138. The van der Waals surface area contributed by atoms with Crippen LogP contribution in [0.2, 0.25) is 0 Å². The Bertz CT molecular complexity index is 1220. The van der Waals surface area contributed by atoms with E-state index in [0.29, 0.717) is 12.5 Å². The average molecular weight is 428 g/mol. The standard InChI is InChI=1S/C24H25N7O/c1-24(31-26-10-11-27-31)9-5-4-7-20(24)22(32)29-14-17-12-19(16-29)30(15-17)23-25-13-18-6-2-3-8-21(18)28-23/h2-11,13,17,19-20H,12,14-16H2,1H3. The van der Waals surface area contributed by atoms with Crippen LogP contribution >= 0.6 is 0 Å². The first-order valence-corrected chi connectivity index (χ1v) is 11.1. The minimum Gasteiger partial charge on any atom is -0.340 e. The van der Waals surface area contributed by atoms with Gasteiger partial charge >= 0.3 is 0 Å². The smallest absolute Gasteiger partial charge is 0.232 e. The van der Waals surface area contributed by atoms with Crippen LogP contribution in [-0.2, 0) is 10.3 Å². The number of rotatable bonds is 3. The van der Waals surface area contributed by atoms with Crippen molar-refractivity contribution in [1.82, 2.24) is 29.9 Å². The summed E-state index contributed by atoms with van der Waals surface area (Å²) >= 11 is 0. The normalized spacial score (nSPS) is 29.1. The summed E-state index contributed by atoms with van der Waals surface area (Å²) in [7, 11) is 0. The Morgan fingerprint density at radius 1 is 1.09 bits per heavy atom. The number of amides is 1. The summed E-state index contributed by atoms with van der Waals surface area (Å²) in [5.74, 6) is 0.964. The average Bonchev–Trinajstić information content (AvgIpc) is 3.47. The fourth-order valence-corrected chi connectivity index (χ4v) is 5.39. The maximum atomic E-state index is 13.7. The number of anilines is 1. The van der Waals surface area contributed by atoms with Gasteiger partial charge in [0, 0.05) is 37.3 Å². The second-order valence-electron chi connectivity index (χ2n) is 9.15. The SMILES string of the molecule is CC1(n2nccn2)C=CC=CC1C(=O)N1CC2CC(C1)N(c1ncc3ccccc3n1)C2. The van der Waals surface area contributed by atoms with Crippen molar-refractivity contribution in [3.8, 4) is 0 Å². The zero-order valence-corrected chi connectivity index (χ0v) is 18.0. The van der Waals surface area contributed by atoms with Crippen LogP contribution in [0, 0.1) is 11.8 Å². The monoisotopic (exact) mass is 427 g/mol. The van der Waals surface area contributed by atoms with Gasteiger partial charge in [-0.3, -0.25) is 4.79 Å². The summed E-state index contributed by atoms with van der Waals surface area (Å²) in [6.45, 7) is 4.34. The Labute approximate surface area is 186 Å². The maximum absolute atomic E-state index is 13.7. The van der Waals surface area contributed by atoms with Gasteiger partial charge in [-0.15, -0.1) is 0 Å². The largest absolute Gasteiger partial charge is 0.340 e. The highest BCUT2D eigenvalue weighted by molar-refractivity contribution is 5.83. The van der Waals surface area contributed by atoms with Crippen molar-refractivity contribution in [2.24, 2.45) is 11.8 Å². The van der Waals surface area contributed by atoms with Gasteiger partial charge in [-0.25, -0.2) is 9.97 Å². The van der Waals surface area contributed by atoms with E-state index in [-0.39, 0.29) is 17.9 Å². The Morgan fingerprint density at radius 3 is 2.81 bits per heavy atom. The summed E-state index contributed by atoms with van der Waals surface area (Å²) in [5, 5.41) is 9.71. The highest BCUT2D eigenvalue weighted by Gasteiger charge is 2.46. The van der Waals surface area contributed by atoms with Crippen LogP contribution in [0.25, 0.3) is 10.9 Å². The molecule has 4 unspecified atom stereocenters. The molecule has 0 N–H and O–H groups in total. The van der Waals surface area contributed by atoms with Gasteiger partial charge in [-0.05, 0) is 25.3 Å². The van der Waals surface area contributed by atoms with Gasteiger partial charge in [0.05, 0.1) is 23.8 Å². The summed E-state index contributed by atoms with van der Waals surface area (Å²) in [6.07, 6.45) is 14.2. The molecule has 4 heterocycles. The fraction of sp³-hybridized carbons (Fsp3) is 0.375. The van der Waals surface area contributed by atoms with E-state index in [1.54, 1.807) is 17.2 Å². The van der Waals surface area contributed by atoms with Crippen molar-refractivity contribution < 1.29 is 4.79 Å². The number of aromatic nitrogens is 5. The molecule has 3 aliphatic rings. The number of carbonyl (C=O) groups is 1. The third kappa shape index (κ3) is 3.01. The Kier molecular flexibility index (Phi) is 4.34. The first-order valence-electron chi connectivity index (χ1n) is 11.1. The van der Waals surface area contributed by atoms with E-state index < -0.39 is 5.54 Å². The van der Waals surface area contributed by atoms with Crippen LogP contribution in [0.3, 0.4) is 0 Å². The molecule has 3 aromatic rings. The molecule has 32 heavy (non-hydrogen) atoms. The highest BCUT2D eigenvalue weighted by atomic mass is 16.2. The van der Waals surface area contributed by atoms with Crippen molar-refractivity contribution >= 4 is 22.8 Å². The molecule has 0 spiro atoms. The number of fused-ring (bicyclic) bond motifs is 3. The number of nitrogens with zero attached hydrogens (tertiary/aromatic N) is 7. The predicted octanol–water partition coefficient (Wildman–Crippen LogP) is 2.42. The molecule has 0 radical (unpaired) electrons. The Hall–Kier alpha value is -3.55. The number of piperidine rings is 1. The van der Waals surface area contributed by atoms with E-state index in [0.717, 1.165) is 36.4 Å². The van der Waals surface area contributed by atoms with Gasteiger partial charge in [0.1, 0.15) is 5.54 Å². The quantitative estimate of drug-likeness (QED) is 0.639. The zero-order chi connectivity index (χ0) is 21.7. The van der Waals surface area contributed by atoms with Gasteiger partial charge in [0.25, 0.3) is 0 Å². The van der Waals surface area contributed by atoms with Gasteiger partial charge in [0.2, 0.25) is 11.9 Å². The molecule has 2 aliphatic heterocycles. The molecule has 6 rings (SSSR count). The van der Waals surface area contributed by atoms with Crippen molar-refractivity contribution in [3.05, 3.63) is 67.2 Å². The number of hydrogen-bond acceptors (Lipinski definition) is 6. The number of para-hydroxylation sites is 1. The maximum Gasteiger partial charge on any atom is 0.232 e. The second kappa shape index (κ2) is 7.25. The molecule has 1 aliphatic carbocycles. The van der Waals surface area contributed by atoms with Crippen molar-refractivity contribution in [2.75, 3.05) is 24.5 Å². The molecule has 1 aromatic carbocycles. The van der Waals surface area contributed by atoms with Crippen molar-refractivity contribution in [1.29, 1.82) is 0 Å². The number of likely N-dealkylation sites (tertiary alicyclic amines) is 1. The molecule has 2 bridgehead atoms. The summed E-state index contributed by atoms with van der Waals surface area (Å²) < 4.78 is 0. The molecule has 0 saturated carbocycles. The van der Waals surface area contributed by atoms with Gasteiger partial charge in [-0.1, -0.05) is 42.5 Å². The molecule has 2 fully saturated rings. The molecule has 8 nitrogen and oxygen atoms in total. The van der Waals surface area contributed by atoms with E-state index in [1.165, 1.54) is 0 Å². The zero-order valence-electron chi connectivity index (χ0n) is 18.0. The molecule has 8 heteroatoms. The second-order valence-corrected chi connectivity index (χ2v) is 9.15. The number of hydrogen-bond donors (Lipinski definition) is 0. The van der Waals surface area contributed by atoms with E-state index in [9.17, 15) is 4.79 Å². The molecule has 162 valence electrons. The summed E-state index contributed by atoms with van der Waals surface area (Å²) in [5.41, 5.74) is 0.334. The Balaban J connectivity index is 1.25. The molecular weight excluding hydrogens is 402 g/mol. The van der Waals surface area contributed by atoms with Crippen molar-refractivity contribution in [3.63, 3.8) is 0 Å². The third-order valence-electron chi connectivity index (χ3n) is 7.05. The minimum atomic E-state index is -0.618. The van der Waals surface area contributed by atoms with Gasteiger partial charge in [-0.2, -0.15) is 15.0 Å². The molecular formula is C24H25N7O. The van der Waals surface area contributed by atoms with Crippen LogP contribution in [0.4, 0.5) is 5.95 Å². The van der Waals surface area contributed by atoms with Crippen LogP contribution in [-0.4, -0.2) is 61.4 Å². The summed E-state index contributed by atoms with van der Waals surface area (Å²) in [4.78, 5) is 29.1. The number of carbonyl (C=O) groups excluding carboxylic acids is 1. The van der Waals surface area contributed by atoms with E-state index in [4.69, 9.17) is 4.98 Å². The van der Waals surface area contributed by atoms with Crippen LogP contribution in [0.15, 0.2) is 67.2 Å². The lowest BCUT2D eigenvalue weighted by atomic mass is 9.81. The summed E-state index contributed by atoms with van der Waals surface area (Å²) in [6, 6.07) is 8.28. The van der Waals surface area contributed by atoms with Crippen molar-refractivity contribution in [2.45, 2.75) is 24.9 Å². The highest BCUT2D eigenvalue weighted by Crippen LogP contribution is 2.36. The van der Waals surface area contributed by atoms with Crippen LogP contribution in [0.1, 0.15) is 13.3 Å². The van der Waals surface area contributed by atoms with Gasteiger partial charge < -0.3 is 9.80 Å². The lowest BCUT2D eigenvalue weighted by Crippen LogP contribution is -2.52. The minimum absolute atomic E-state index is 0.126. The number of allylic oxidation sites excluding steroid dienone is 3. The predicted molar refractivity (Wildman–Crippen MR) is 121 cm³/mol. The lowest BCUT2D eigenvalue weighted by Gasteiger charge is -2.39. The third-order valence-corrected chi connectivity index (χ3v) is 7.05. The van der Waals surface area contributed by atoms with E-state index in [2.05, 4.69) is 20.1 Å². The fourth-order valence-electron chi connectivity index (χ4n) is 5.39. The molecule has 2 saturated heterocycles. The first kappa shape index (κ1) is 19.2. The topological polar surface area (TPSA) is 80.0 Å². The number of benzene rings is 1.